The number of hydrogen-bond donors (Lipinski definition) is 5. The van der Waals surface area contributed by atoms with Crippen molar-refractivity contribution in [3.05, 3.63) is 71.2 Å². The Labute approximate surface area is 354 Å². The topological polar surface area (TPSA) is 297 Å². The van der Waals surface area contributed by atoms with E-state index in [4.69, 9.17) is 22.8 Å². The number of aliphatic hydroxyl groups excluding tert-OH is 1. The van der Waals surface area contributed by atoms with E-state index in [0.717, 1.165) is 0 Å². The van der Waals surface area contributed by atoms with Crippen LogP contribution in [0.2, 0.25) is 0 Å². The fourth-order valence-electron chi connectivity index (χ4n) is 7.71. The quantitative estimate of drug-likeness (QED) is 0.0629. The van der Waals surface area contributed by atoms with Crippen LogP contribution in [0.25, 0.3) is 22.2 Å². The lowest BCUT2D eigenvalue weighted by Crippen LogP contribution is -2.29. The predicted octanol–water partition coefficient (Wildman–Crippen LogP) is 4.61. The fourth-order valence-corrected chi connectivity index (χ4v) is 9.72. The van der Waals surface area contributed by atoms with Gasteiger partial charge in [0.25, 0.3) is 11.5 Å². The van der Waals surface area contributed by atoms with Gasteiger partial charge in [-0.15, -0.1) is 9.42 Å². The minimum atomic E-state index is -4.56. The van der Waals surface area contributed by atoms with Gasteiger partial charge in [-0.2, -0.15) is 10.2 Å². The van der Waals surface area contributed by atoms with Gasteiger partial charge in [0.1, 0.15) is 17.8 Å². The van der Waals surface area contributed by atoms with Crippen LogP contribution in [-0.2, 0) is 36.8 Å². The minimum absolute atomic E-state index is 0.0305. The second-order valence-electron chi connectivity index (χ2n) is 15.3. The van der Waals surface area contributed by atoms with Gasteiger partial charge in [0.2, 0.25) is 11.9 Å². The predicted molar refractivity (Wildman–Crippen MR) is 219 cm³/mol. The van der Waals surface area contributed by atoms with E-state index in [1.54, 1.807) is 63.4 Å². The van der Waals surface area contributed by atoms with Gasteiger partial charge in [-0.1, -0.05) is 45.9 Å². The Morgan fingerprint density at radius 2 is 1.85 bits per heavy atom. The number of benzene rings is 1. The number of aliphatic hydroxyl groups is 1. The van der Waals surface area contributed by atoms with E-state index in [1.165, 1.54) is 17.2 Å². The standard InChI is InChI=1S/C38H44N10O12P2/c1-20(2)34(50)45-38-44-33-28(36(52)46-38)42-19-48(33)37-30(59-61(53)54)22(4)27(58-37)17-57-62(55,56-14-8-12-39)60-29-21(3)26(15-24(29)16-49)47-13-11-25-31(40-18-41-32(25)47)43-35(51)23-9-6-5-7-10-23/h5-7,9-11,13,18-22,24,26-27,29-30,37,49H,8,14-17H2,1-4H3,(H3-,40,41,43,44,45,46,50,51,52,53,54)/p+1. The number of rotatable bonds is 17. The monoisotopic (exact) mass is 895 g/mol. The lowest BCUT2D eigenvalue weighted by Gasteiger charge is -2.28. The van der Waals surface area contributed by atoms with Crippen molar-refractivity contribution in [2.75, 3.05) is 30.5 Å². The molecule has 0 spiro atoms. The molecular formula is C38H45N10O12P2+. The fraction of sp³-hybridized carbons (Fsp3) is 0.474. The first-order valence-corrected chi connectivity index (χ1v) is 22.3. The highest BCUT2D eigenvalue weighted by Gasteiger charge is 2.51. The van der Waals surface area contributed by atoms with Gasteiger partial charge in [-0.25, -0.2) is 19.5 Å². The Kier molecular flexibility index (Phi) is 13.7. The number of aromatic nitrogens is 7. The first-order valence-electron chi connectivity index (χ1n) is 19.7. The molecule has 7 rings (SSSR count). The smallest absolute Gasteiger partial charge is 0.396 e. The van der Waals surface area contributed by atoms with Crippen LogP contribution in [0.5, 0.6) is 0 Å². The Morgan fingerprint density at radius 3 is 2.56 bits per heavy atom. The number of ether oxygens (including phenoxy) is 1. The number of carbonyl (C=O) groups excluding carboxylic acids is 2. The first-order chi connectivity index (χ1) is 29.7. The largest absolute Gasteiger partial charge is 0.695 e. The van der Waals surface area contributed by atoms with Crippen LogP contribution in [0, 0.1) is 35.0 Å². The lowest BCUT2D eigenvalue weighted by atomic mass is 10.0. The van der Waals surface area contributed by atoms with Gasteiger partial charge in [0.05, 0.1) is 49.6 Å². The van der Waals surface area contributed by atoms with Crippen molar-refractivity contribution in [3.8, 4) is 6.07 Å². The summed E-state index contributed by atoms with van der Waals surface area (Å²) in [6.45, 7) is 5.68. The third-order valence-corrected chi connectivity index (χ3v) is 12.9. The molecule has 328 valence electrons. The lowest BCUT2D eigenvalue weighted by molar-refractivity contribution is -0.118. The second-order valence-corrected chi connectivity index (χ2v) is 17.6. The highest BCUT2D eigenvalue weighted by Crippen LogP contribution is 2.57. The van der Waals surface area contributed by atoms with Crippen molar-refractivity contribution < 1.29 is 51.6 Å². The molecule has 1 saturated carbocycles. The summed E-state index contributed by atoms with van der Waals surface area (Å²) in [5.74, 6) is -2.77. The normalized spacial score (nSPS) is 24.9. The zero-order valence-corrected chi connectivity index (χ0v) is 35.7. The van der Waals surface area contributed by atoms with Gasteiger partial charge < -0.3 is 19.7 Å². The summed E-state index contributed by atoms with van der Waals surface area (Å²) in [4.78, 5) is 67.9. The van der Waals surface area contributed by atoms with E-state index in [-0.39, 0.29) is 48.7 Å². The summed E-state index contributed by atoms with van der Waals surface area (Å²) < 4.78 is 59.3. The van der Waals surface area contributed by atoms with Crippen molar-refractivity contribution in [2.45, 2.75) is 71.1 Å². The van der Waals surface area contributed by atoms with Gasteiger partial charge >= 0.3 is 16.1 Å². The summed E-state index contributed by atoms with van der Waals surface area (Å²) >= 11 is 0. The molecule has 0 bridgehead atoms. The molecule has 4 aromatic heterocycles. The molecule has 24 heteroatoms. The van der Waals surface area contributed by atoms with E-state index in [9.17, 15) is 38.8 Å². The number of hydrogen-bond acceptors (Lipinski definition) is 16. The molecule has 1 saturated heterocycles. The molecule has 10 atom stereocenters. The zero-order chi connectivity index (χ0) is 44.3. The van der Waals surface area contributed by atoms with Gasteiger partial charge in [0, 0.05) is 52.6 Å². The highest BCUT2D eigenvalue weighted by molar-refractivity contribution is 7.48. The summed E-state index contributed by atoms with van der Waals surface area (Å²) in [6.07, 6.45) is 0.288. The second kappa shape index (κ2) is 19.0. The van der Waals surface area contributed by atoms with E-state index >= 15 is 0 Å². The molecule has 2 amide bonds. The maximum absolute atomic E-state index is 14.5. The number of fused-ring (bicyclic) bond motifs is 2. The first kappa shape index (κ1) is 44.7. The molecule has 10 unspecified atom stereocenters. The summed E-state index contributed by atoms with van der Waals surface area (Å²) in [7, 11) is -7.74. The molecule has 5 aromatic rings. The Morgan fingerprint density at radius 1 is 1.08 bits per heavy atom. The number of nitrogens with zero attached hydrogens (tertiary/aromatic N) is 7. The number of H-pyrrole nitrogens is 1. The van der Waals surface area contributed by atoms with Gasteiger partial charge in [-0.05, 0) is 24.6 Å². The number of nitriles is 1. The third kappa shape index (κ3) is 9.37. The molecule has 5 heterocycles. The van der Waals surface area contributed by atoms with Crippen LogP contribution in [0.15, 0.2) is 60.0 Å². The number of phosphoric acid groups is 1. The van der Waals surface area contributed by atoms with Crippen molar-refractivity contribution in [3.63, 3.8) is 0 Å². The van der Waals surface area contributed by atoms with Crippen LogP contribution in [0.1, 0.15) is 63.2 Å². The molecule has 5 N–H and O–H groups in total. The number of anilines is 2. The summed E-state index contributed by atoms with van der Waals surface area (Å²) in [5.41, 5.74) is 0.144. The van der Waals surface area contributed by atoms with E-state index in [0.29, 0.717) is 28.8 Å². The minimum Gasteiger partial charge on any atom is -0.396 e. The van der Waals surface area contributed by atoms with Crippen LogP contribution >= 0.6 is 16.1 Å². The molecule has 1 aliphatic carbocycles. The van der Waals surface area contributed by atoms with E-state index in [2.05, 4.69) is 35.6 Å². The van der Waals surface area contributed by atoms with Gasteiger partial charge in [0.15, 0.2) is 23.5 Å². The summed E-state index contributed by atoms with van der Waals surface area (Å²) in [5, 5.41) is 25.8. The Bertz CT molecular complexity index is 2600. The van der Waals surface area contributed by atoms with Crippen LogP contribution < -0.4 is 16.2 Å². The average molecular weight is 896 g/mol. The molecule has 62 heavy (non-hydrogen) atoms. The van der Waals surface area contributed by atoms with E-state index in [1.807, 2.05) is 17.6 Å². The van der Waals surface area contributed by atoms with Crippen molar-refractivity contribution in [1.82, 2.24) is 34.1 Å². The maximum atomic E-state index is 14.5. The number of amides is 2. The zero-order valence-electron chi connectivity index (χ0n) is 33.9. The molecule has 0 radical (unpaired) electrons. The average Bonchev–Trinajstić information content (AvgIpc) is 4.02. The highest BCUT2D eigenvalue weighted by atomic mass is 31.2. The van der Waals surface area contributed by atoms with Crippen LogP contribution in [0.3, 0.4) is 0 Å². The van der Waals surface area contributed by atoms with E-state index < -0.39 is 82.4 Å². The number of aromatic amines is 1. The SMILES string of the molecule is CC(C)C(=O)Nc1nc2c(ncn2C2OC(COP(=O)(OCCC#N)OC3C(CO)CC(n4ccc5c(NC(=O)c6ccccc6)ncnc54)C3C)C(C)C2O[P+](=O)O)c(=O)[nH]1. The summed E-state index contributed by atoms with van der Waals surface area (Å²) in [6, 6.07) is 12.0. The molecular weight excluding hydrogens is 850 g/mol. The number of carbonyl (C=O) groups is 2. The maximum Gasteiger partial charge on any atom is 0.695 e. The molecule has 1 aliphatic heterocycles. The van der Waals surface area contributed by atoms with Crippen LogP contribution in [-0.4, -0.2) is 94.0 Å². The molecule has 2 fully saturated rings. The molecule has 1 aromatic carbocycles. The van der Waals surface area contributed by atoms with Gasteiger partial charge in [-0.3, -0.25) is 42.8 Å². The van der Waals surface area contributed by atoms with Crippen LogP contribution in [0.4, 0.5) is 11.8 Å². The van der Waals surface area contributed by atoms with Crippen molar-refractivity contribution in [1.29, 1.82) is 5.26 Å². The third-order valence-electron chi connectivity index (χ3n) is 11.0. The molecule has 2 aliphatic rings. The Hall–Kier alpha value is -5.33. The number of phosphoric ester groups is 1. The van der Waals surface area contributed by atoms with Crippen molar-refractivity contribution >= 4 is 61.9 Å². The molecule has 22 nitrogen and oxygen atoms in total. The number of imidazole rings is 1. The number of nitrogens with one attached hydrogen (secondary N) is 3. The van der Waals surface area contributed by atoms with Crippen molar-refractivity contribution in [2.24, 2.45) is 23.7 Å². The Balaban J connectivity index is 1.11.